The van der Waals surface area contributed by atoms with Crippen molar-refractivity contribution in [2.24, 2.45) is 0 Å². The summed E-state index contributed by atoms with van der Waals surface area (Å²) in [6, 6.07) is 4.15. The molecular formula is C13H15ClFNO. The summed E-state index contributed by atoms with van der Waals surface area (Å²) in [6.07, 6.45) is 3.20. The van der Waals surface area contributed by atoms with Gasteiger partial charge in [-0.2, -0.15) is 0 Å². The van der Waals surface area contributed by atoms with E-state index in [-0.39, 0.29) is 17.0 Å². The van der Waals surface area contributed by atoms with E-state index in [0.29, 0.717) is 5.56 Å². The molecule has 1 saturated heterocycles. The number of carbonyl (C=O) groups is 1. The number of hydrogen-bond donors (Lipinski definition) is 0. The number of nitrogens with zero attached hydrogens (tertiary/aromatic N) is 1. The van der Waals surface area contributed by atoms with Crippen LogP contribution in [0.3, 0.4) is 0 Å². The second-order valence-corrected chi connectivity index (χ2v) is 4.87. The average Bonchev–Trinajstić information content (AvgIpc) is 2.29. The van der Waals surface area contributed by atoms with Crippen molar-refractivity contribution >= 4 is 17.5 Å². The fourth-order valence-corrected chi connectivity index (χ4v) is 2.47. The normalized spacial score (nSPS) is 20.4. The van der Waals surface area contributed by atoms with Crippen LogP contribution in [-0.2, 0) is 0 Å². The predicted molar refractivity (Wildman–Crippen MR) is 65.8 cm³/mol. The Bertz CT molecular complexity index is 435. The second-order valence-electron chi connectivity index (χ2n) is 4.47. The zero-order valence-corrected chi connectivity index (χ0v) is 10.5. The first kappa shape index (κ1) is 12.4. The minimum Gasteiger partial charge on any atom is -0.336 e. The van der Waals surface area contributed by atoms with Gasteiger partial charge in [-0.15, -0.1) is 0 Å². The first-order chi connectivity index (χ1) is 8.09. The molecule has 92 valence electrons. The first-order valence-electron chi connectivity index (χ1n) is 5.85. The van der Waals surface area contributed by atoms with Crippen LogP contribution in [-0.4, -0.2) is 23.4 Å². The molecule has 2 rings (SSSR count). The number of halogens is 2. The monoisotopic (exact) mass is 255 g/mol. The van der Waals surface area contributed by atoms with Crippen LogP contribution in [0.1, 0.15) is 36.5 Å². The summed E-state index contributed by atoms with van der Waals surface area (Å²) in [7, 11) is 0. The standard InChI is InChI=1S/C13H15ClFNO/c1-9-4-2-3-7-16(9)13(17)11-6-5-10(15)8-12(11)14/h5-6,8-9H,2-4,7H2,1H3. The molecular weight excluding hydrogens is 241 g/mol. The van der Waals surface area contributed by atoms with Gasteiger partial charge in [0.2, 0.25) is 0 Å². The van der Waals surface area contributed by atoms with Crippen LogP contribution in [0, 0.1) is 5.82 Å². The van der Waals surface area contributed by atoms with E-state index in [0.717, 1.165) is 25.8 Å². The van der Waals surface area contributed by atoms with E-state index in [2.05, 4.69) is 0 Å². The van der Waals surface area contributed by atoms with Crippen molar-refractivity contribution in [3.63, 3.8) is 0 Å². The van der Waals surface area contributed by atoms with Gasteiger partial charge in [-0.3, -0.25) is 4.79 Å². The molecule has 17 heavy (non-hydrogen) atoms. The van der Waals surface area contributed by atoms with Gasteiger partial charge in [-0.1, -0.05) is 11.6 Å². The summed E-state index contributed by atoms with van der Waals surface area (Å²) in [5.74, 6) is -0.513. The Morgan fingerprint density at radius 2 is 2.24 bits per heavy atom. The molecule has 1 heterocycles. The molecule has 0 N–H and O–H groups in total. The molecule has 0 aliphatic carbocycles. The van der Waals surface area contributed by atoms with Crippen LogP contribution in [0.25, 0.3) is 0 Å². The van der Waals surface area contributed by atoms with Crippen molar-refractivity contribution in [3.05, 3.63) is 34.6 Å². The van der Waals surface area contributed by atoms with Crippen molar-refractivity contribution in [2.45, 2.75) is 32.2 Å². The van der Waals surface area contributed by atoms with Gasteiger partial charge in [-0.25, -0.2) is 4.39 Å². The van der Waals surface area contributed by atoms with Crippen LogP contribution in [0.5, 0.6) is 0 Å². The van der Waals surface area contributed by atoms with E-state index in [9.17, 15) is 9.18 Å². The SMILES string of the molecule is CC1CCCCN1C(=O)c1ccc(F)cc1Cl. The van der Waals surface area contributed by atoms with Gasteiger partial charge in [0.15, 0.2) is 0 Å². The highest BCUT2D eigenvalue weighted by molar-refractivity contribution is 6.33. The van der Waals surface area contributed by atoms with Gasteiger partial charge in [0.25, 0.3) is 5.91 Å². The number of rotatable bonds is 1. The molecule has 2 nitrogen and oxygen atoms in total. The van der Waals surface area contributed by atoms with Crippen molar-refractivity contribution < 1.29 is 9.18 Å². The van der Waals surface area contributed by atoms with Gasteiger partial charge < -0.3 is 4.90 Å². The van der Waals surface area contributed by atoms with Crippen LogP contribution < -0.4 is 0 Å². The molecule has 1 amide bonds. The van der Waals surface area contributed by atoms with E-state index in [1.54, 1.807) is 0 Å². The summed E-state index contributed by atoms with van der Waals surface area (Å²) < 4.78 is 12.9. The number of hydrogen-bond acceptors (Lipinski definition) is 1. The number of likely N-dealkylation sites (tertiary alicyclic amines) is 1. The average molecular weight is 256 g/mol. The number of carbonyl (C=O) groups excluding carboxylic acids is 1. The molecule has 1 aromatic carbocycles. The Morgan fingerprint density at radius 1 is 1.47 bits per heavy atom. The highest BCUT2D eigenvalue weighted by Crippen LogP contribution is 2.23. The summed E-state index contributed by atoms with van der Waals surface area (Å²) in [5.41, 5.74) is 0.391. The molecule has 0 spiro atoms. The van der Waals surface area contributed by atoms with Gasteiger partial charge in [0, 0.05) is 12.6 Å². The molecule has 1 fully saturated rings. The zero-order chi connectivity index (χ0) is 12.4. The van der Waals surface area contributed by atoms with E-state index in [1.165, 1.54) is 18.2 Å². The zero-order valence-electron chi connectivity index (χ0n) is 9.75. The minimum atomic E-state index is -0.418. The lowest BCUT2D eigenvalue weighted by atomic mass is 10.0. The Hall–Kier alpha value is -1.09. The van der Waals surface area contributed by atoms with Gasteiger partial charge in [0.05, 0.1) is 10.6 Å². The van der Waals surface area contributed by atoms with Crippen molar-refractivity contribution in [1.29, 1.82) is 0 Å². The molecule has 0 bridgehead atoms. The van der Waals surface area contributed by atoms with E-state index in [1.807, 2.05) is 11.8 Å². The lowest BCUT2D eigenvalue weighted by Gasteiger charge is -2.33. The summed E-state index contributed by atoms with van der Waals surface area (Å²) in [4.78, 5) is 14.1. The van der Waals surface area contributed by atoms with Crippen LogP contribution >= 0.6 is 11.6 Å². The lowest BCUT2D eigenvalue weighted by molar-refractivity contribution is 0.0636. The molecule has 0 radical (unpaired) electrons. The summed E-state index contributed by atoms with van der Waals surface area (Å²) >= 11 is 5.90. The van der Waals surface area contributed by atoms with Crippen molar-refractivity contribution in [3.8, 4) is 0 Å². The maximum absolute atomic E-state index is 12.9. The van der Waals surface area contributed by atoms with Crippen molar-refractivity contribution in [1.82, 2.24) is 4.90 Å². The van der Waals surface area contributed by atoms with E-state index >= 15 is 0 Å². The lowest BCUT2D eigenvalue weighted by Crippen LogP contribution is -2.42. The molecule has 1 aliphatic heterocycles. The molecule has 1 aromatic rings. The first-order valence-corrected chi connectivity index (χ1v) is 6.23. The van der Waals surface area contributed by atoms with Gasteiger partial charge in [0.1, 0.15) is 5.82 Å². The third-order valence-corrected chi connectivity index (χ3v) is 3.54. The number of amides is 1. The fraction of sp³-hybridized carbons (Fsp3) is 0.462. The molecule has 4 heteroatoms. The predicted octanol–water partition coefficient (Wildman–Crippen LogP) is 3.49. The Balaban J connectivity index is 2.24. The molecule has 0 aromatic heterocycles. The highest BCUT2D eigenvalue weighted by Gasteiger charge is 2.25. The molecule has 0 saturated carbocycles. The minimum absolute atomic E-state index is 0.0952. The van der Waals surface area contributed by atoms with Gasteiger partial charge >= 0.3 is 0 Å². The summed E-state index contributed by atoms with van der Waals surface area (Å²) in [6.45, 7) is 2.79. The van der Waals surface area contributed by atoms with E-state index < -0.39 is 5.82 Å². The van der Waals surface area contributed by atoms with Crippen molar-refractivity contribution in [2.75, 3.05) is 6.54 Å². The highest BCUT2D eigenvalue weighted by atomic mass is 35.5. The molecule has 1 unspecified atom stereocenters. The van der Waals surface area contributed by atoms with Crippen LogP contribution in [0.4, 0.5) is 4.39 Å². The van der Waals surface area contributed by atoms with E-state index in [4.69, 9.17) is 11.6 Å². The number of benzene rings is 1. The largest absolute Gasteiger partial charge is 0.336 e. The smallest absolute Gasteiger partial charge is 0.255 e. The molecule has 1 atom stereocenters. The Kier molecular flexibility index (Phi) is 3.67. The summed E-state index contributed by atoms with van der Waals surface area (Å²) in [5, 5.41) is 0.188. The number of piperidine rings is 1. The fourth-order valence-electron chi connectivity index (χ4n) is 2.22. The van der Waals surface area contributed by atoms with Crippen LogP contribution in [0.2, 0.25) is 5.02 Å². The quantitative estimate of drug-likeness (QED) is 0.752. The maximum Gasteiger partial charge on any atom is 0.255 e. The van der Waals surface area contributed by atoms with Crippen LogP contribution in [0.15, 0.2) is 18.2 Å². The maximum atomic E-state index is 12.9. The third kappa shape index (κ3) is 2.60. The topological polar surface area (TPSA) is 20.3 Å². The Morgan fingerprint density at radius 3 is 2.88 bits per heavy atom. The third-order valence-electron chi connectivity index (χ3n) is 3.23. The Labute approximate surface area is 105 Å². The van der Waals surface area contributed by atoms with Gasteiger partial charge in [-0.05, 0) is 44.4 Å². The second kappa shape index (κ2) is 5.05. The molecule has 1 aliphatic rings.